The molecule has 1 amide bonds. The Morgan fingerprint density at radius 1 is 1.57 bits per heavy atom. The van der Waals surface area contributed by atoms with Gasteiger partial charge in [0.25, 0.3) is 0 Å². The van der Waals surface area contributed by atoms with Crippen LogP contribution in [0.5, 0.6) is 0 Å². The molecule has 0 aliphatic heterocycles. The molecule has 0 aromatic carbocycles. The third-order valence-electron chi connectivity index (χ3n) is 2.17. The third kappa shape index (κ3) is 2.69. The summed E-state index contributed by atoms with van der Waals surface area (Å²) in [5, 5.41) is 19.7. The fourth-order valence-corrected chi connectivity index (χ4v) is 1.09. The lowest BCUT2D eigenvalue weighted by Crippen LogP contribution is -2.33. The molecular weight excluding hydrogens is 184 g/mol. The minimum absolute atomic E-state index is 0.0178. The summed E-state index contributed by atoms with van der Waals surface area (Å²) in [4.78, 5) is 11.4. The Hall–Kier alpha value is -1.12. The van der Waals surface area contributed by atoms with Gasteiger partial charge in [-0.05, 0) is 12.8 Å². The van der Waals surface area contributed by atoms with Crippen molar-refractivity contribution in [2.75, 3.05) is 26.4 Å². The van der Waals surface area contributed by atoms with Gasteiger partial charge in [0.1, 0.15) is 5.41 Å². The monoisotopic (exact) mass is 198 g/mol. The number of carbonyl (C=O) groups is 1. The van der Waals surface area contributed by atoms with Crippen LogP contribution < -0.4 is 5.32 Å². The van der Waals surface area contributed by atoms with Gasteiger partial charge in [-0.2, -0.15) is 5.26 Å². The Balaban J connectivity index is 2.08. The van der Waals surface area contributed by atoms with Gasteiger partial charge in [0.2, 0.25) is 5.91 Å². The van der Waals surface area contributed by atoms with Crippen LogP contribution in [0.25, 0.3) is 0 Å². The number of nitriles is 1. The van der Waals surface area contributed by atoms with Crippen molar-refractivity contribution >= 4 is 5.91 Å². The Morgan fingerprint density at radius 2 is 2.29 bits per heavy atom. The van der Waals surface area contributed by atoms with Crippen molar-refractivity contribution in [3.05, 3.63) is 0 Å². The lowest BCUT2D eigenvalue weighted by molar-refractivity contribution is -0.124. The predicted molar refractivity (Wildman–Crippen MR) is 48.2 cm³/mol. The molecule has 1 fully saturated rings. The van der Waals surface area contributed by atoms with Crippen LogP contribution in [0.3, 0.4) is 0 Å². The van der Waals surface area contributed by atoms with Crippen LogP contribution in [0.1, 0.15) is 12.8 Å². The first-order chi connectivity index (χ1) is 6.75. The highest BCUT2D eigenvalue weighted by Gasteiger charge is 2.50. The first kappa shape index (κ1) is 11.0. The second-order valence-corrected chi connectivity index (χ2v) is 3.29. The van der Waals surface area contributed by atoms with Crippen LogP contribution in [-0.2, 0) is 9.53 Å². The average Bonchev–Trinajstić information content (AvgIpc) is 2.98. The van der Waals surface area contributed by atoms with E-state index >= 15 is 0 Å². The van der Waals surface area contributed by atoms with E-state index in [0.29, 0.717) is 26.0 Å². The highest BCUT2D eigenvalue weighted by atomic mass is 16.5. The second-order valence-electron chi connectivity index (χ2n) is 3.29. The van der Waals surface area contributed by atoms with Crippen molar-refractivity contribution < 1.29 is 14.6 Å². The van der Waals surface area contributed by atoms with E-state index in [2.05, 4.69) is 5.32 Å². The molecule has 14 heavy (non-hydrogen) atoms. The molecule has 0 unspecified atom stereocenters. The maximum Gasteiger partial charge on any atom is 0.240 e. The molecule has 5 nitrogen and oxygen atoms in total. The van der Waals surface area contributed by atoms with Crippen molar-refractivity contribution in [3.63, 3.8) is 0 Å². The number of nitrogens with zero attached hydrogens (tertiary/aromatic N) is 1. The zero-order chi connectivity index (χ0) is 10.4. The van der Waals surface area contributed by atoms with E-state index in [9.17, 15) is 4.79 Å². The van der Waals surface area contributed by atoms with Crippen molar-refractivity contribution in [2.24, 2.45) is 5.41 Å². The number of nitrogens with one attached hydrogen (secondary N) is 1. The fraction of sp³-hybridized carbons (Fsp3) is 0.778. The standard InChI is InChI=1S/C9H14N2O3/c10-7-9(1-2-9)8(13)11-3-5-14-6-4-12/h12H,1-6H2,(H,11,13). The molecule has 0 radical (unpaired) electrons. The number of aliphatic hydroxyl groups is 1. The molecule has 78 valence electrons. The highest BCUT2D eigenvalue weighted by molar-refractivity contribution is 5.88. The maximum atomic E-state index is 11.4. The number of ether oxygens (including phenoxy) is 1. The normalized spacial score (nSPS) is 17.1. The molecule has 0 bridgehead atoms. The highest BCUT2D eigenvalue weighted by Crippen LogP contribution is 2.44. The predicted octanol–water partition coefficient (Wildman–Crippen LogP) is -0.585. The van der Waals surface area contributed by atoms with Crippen molar-refractivity contribution in [2.45, 2.75) is 12.8 Å². The van der Waals surface area contributed by atoms with Crippen LogP contribution >= 0.6 is 0 Å². The summed E-state index contributed by atoms with van der Waals surface area (Å²) >= 11 is 0. The summed E-state index contributed by atoms with van der Waals surface area (Å²) in [6.07, 6.45) is 1.32. The molecule has 0 atom stereocenters. The van der Waals surface area contributed by atoms with Gasteiger partial charge < -0.3 is 15.2 Å². The molecule has 0 heterocycles. The van der Waals surface area contributed by atoms with E-state index in [0.717, 1.165) is 0 Å². The lowest BCUT2D eigenvalue weighted by Gasteiger charge is -2.07. The van der Waals surface area contributed by atoms with Crippen LogP contribution in [0.2, 0.25) is 0 Å². The van der Waals surface area contributed by atoms with Gasteiger partial charge in [0, 0.05) is 6.54 Å². The summed E-state index contributed by atoms with van der Waals surface area (Å²) in [6.45, 7) is 1.02. The lowest BCUT2D eigenvalue weighted by atomic mass is 10.1. The minimum Gasteiger partial charge on any atom is -0.394 e. The molecular formula is C9H14N2O3. The van der Waals surface area contributed by atoms with E-state index in [1.54, 1.807) is 0 Å². The summed E-state index contributed by atoms with van der Waals surface area (Å²) in [5.74, 6) is -0.201. The number of carbonyl (C=O) groups excluding carboxylic acids is 1. The zero-order valence-corrected chi connectivity index (χ0v) is 7.95. The number of hydrogen-bond acceptors (Lipinski definition) is 4. The fourth-order valence-electron chi connectivity index (χ4n) is 1.09. The molecule has 0 aromatic rings. The first-order valence-electron chi connectivity index (χ1n) is 4.63. The minimum atomic E-state index is -0.753. The molecule has 0 saturated heterocycles. The summed E-state index contributed by atoms with van der Waals surface area (Å²) in [5.41, 5.74) is -0.753. The van der Waals surface area contributed by atoms with Gasteiger partial charge in [-0.3, -0.25) is 4.79 Å². The molecule has 2 N–H and O–H groups in total. The molecule has 0 aromatic heterocycles. The van der Waals surface area contributed by atoms with Crippen LogP contribution in [0.4, 0.5) is 0 Å². The van der Waals surface area contributed by atoms with Crippen molar-refractivity contribution in [1.29, 1.82) is 5.26 Å². The SMILES string of the molecule is N#CC1(C(=O)NCCOCCO)CC1. The van der Waals surface area contributed by atoms with Gasteiger partial charge in [-0.25, -0.2) is 0 Å². The van der Waals surface area contributed by atoms with Crippen LogP contribution in [-0.4, -0.2) is 37.4 Å². The van der Waals surface area contributed by atoms with E-state index < -0.39 is 5.41 Å². The number of hydrogen-bond donors (Lipinski definition) is 2. The largest absolute Gasteiger partial charge is 0.394 e. The van der Waals surface area contributed by atoms with E-state index in [1.807, 2.05) is 6.07 Å². The smallest absolute Gasteiger partial charge is 0.240 e. The van der Waals surface area contributed by atoms with Gasteiger partial charge in [-0.1, -0.05) is 0 Å². The quantitative estimate of drug-likeness (QED) is 0.559. The van der Waals surface area contributed by atoms with Gasteiger partial charge in [0.05, 0.1) is 25.9 Å². The van der Waals surface area contributed by atoms with E-state index in [1.165, 1.54) is 0 Å². The third-order valence-corrected chi connectivity index (χ3v) is 2.17. The Morgan fingerprint density at radius 3 is 2.79 bits per heavy atom. The topological polar surface area (TPSA) is 82.4 Å². The van der Waals surface area contributed by atoms with Gasteiger partial charge in [-0.15, -0.1) is 0 Å². The molecule has 1 aliphatic rings. The first-order valence-corrected chi connectivity index (χ1v) is 4.63. The van der Waals surface area contributed by atoms with Crippen LogP contribution in [0.15, 0.2) is 0 Å². The number of rotatable bonds is 6. The van der Waals surface area contributed by atoms with Crippen molar-refractivity contribution in [1.82, 2.24) is 5.32 Å². The zero-order valence-electron chi connectivity index (χ0n) is 7.95. The molecule has 1 aliphatic carbocycles. The molecule has 1 rings (SSSR count). The molecule has 5 heteroatoms. The van der Waals surface area contributed by atoms with Gasteiger partial charge >= 0.3 is 0 Å². The molecule has 0 spiro atoms. The Bertz CT molecular complexity index is 243. The van der Waals surface area contributed by atoms with E-state index in [4.69, 9.17) is 15.1 Å². The Labute approximate surface area is 82.7 Å². The van der Waals surface area contributed by atoms with Crippen LogP contribution in [0, 0.1) is 16.7 Å². The summed E-state index contributed by atoms with van der Waals surface area (Å²) in [7, 11) is 0. The van der Waals surface area contributed by atoms with Crippen molar-refractivity contribution in [3.8, 4) is 6.07 Å². The number of aliphatic hydroxyl groups excluding tert-OH is 1. The molecule has 1 saturated carbocycles. The van der Waals surface area contributed by atoms with E-state index in [-0.39, 0.29) is 19.1 Å². The Kier molecular flexibility index (Phi) is 3.86. The number of amides is 1. The second kappa shape index (κ2) is 4.94. The maximum absolute atomic E-state index is 11.4. The van der Waals surface area contributed by atoms with Gasteiger partial charge in [0.15, 0.2) is 0 Å². The average molecular weight is 198 g/mol. The summed E-state index contributed by atoms with van der Waals surface area (Å²) in [6, 6.07) is 2.01. The summed E-state index contributed by atoms with van der Waals surface area (Å²) < 4.78 is 4.95.